The van der Waals surface area contributed by atoms with E-state index in [1.54, 1.807) is 7.11 Å². The number of benzene rings is 1. The Bertz CT molecular complexity index is 437. The summed E-state index contributed by atoms with van der Waals surface area (Å²) in [6.07, 6.45) is 6.26. The molecule has 1 aliphatic rings. The van der Waals surface area contributed by atoms with Gasteiger partial charge in [0.1, 0.15) is 5.75 Å². The van der Waals surface area contributed by atoms with Crippen LogP contribution in [0.1, 0.15) is 43.2 Å². The molecule has 0 unspecified atom stereocenters. The predicted molar refractivity (Wildman–Crippen MR) is 84.2 cm³/mol. The maximum Gasteiger partial charge on any atom is 0.122 e. The van der Waals surface area contributed by atoms with Crippen molar-refractivity contribution in [2.45, 2.75) is 44.1 Å². The molecule has 0 atom stereocenters. The summed E-state index contributed by atoms with van der Waals surface area (Å²) in [4.78, 5) is 2.20. The number of hydrogen-bond donors (Lipinski definition) is 1. The summed E-state index contributed by atoms with van der Waals surface area (Å²) in [5, 5.41) is 0. The van der Waals surface area contributed by atoms with Crippen molar-refractivity contribution in [3.8, 4) is 5.75 Å². The topological polar surface area (TPSA) is 38.5 Å². The van der Waals surface area contributed by atoms with E-state index in [0.717, 1.165) is 18.8 Å². The maximum absolute atomic E-state index is 6.18. The van der Waals surface area contributed by atoms with Gasteiger partial charge in [0.2, 0.25) is 0 Å². The lowest BCUT2D eigenvalue weighted by Gasteiger charge is -2.38. The molecule has 3 nitrogen and oxygen atoms in total. The molecule has 0 aromatic heterocycles. The van der Waals surface area contributed by atoms with Gasteiger partial charge in [0, 0.05) is 24.1 Å². The molecular formula is C17H28N2O. The van der Waals surface area contributed by atoms with Crippen molar-refractivity contribution < 1.29 is 4.74 Å². The first kappa shape index (κ1) is 15.3. The molecule has 0 heterocycles. The summed E-state index contributed by atoms with van der Waals surface area (Å²) in [5.74, 6) is 1.000. The van der Waals surface area contributed by atoms with Crippen LogP contribution in [0.15, 0.2) is 18.2 Å². The molecule has 2 N–H and O–H groups in total. The van der Waals surface area contributed by atoms with Crippen LogP contribution in [0.2, 0.25) is 0 Å². The van der Waals surface area contributed by atoms with Gasteiger partial charge in [-0.1, -0.05) is 31.4 Å². The number of ether oxygens (including phenoxy) is 1. The van der Waals surface area contributed by atoms with Gasteiger partial charge in [-0.05, 0) is 38.6 Å². The van der Waals surface area contributed by atoms with E-state index in [1.165, 1.54) is 43.2 Å². The van der Waals surface area contributed by atoms with E-state index in [2.05, 4.69) is 37.2 Å². The van der Waals surface area contributed by atoms with Gasteiger partial charge in [-0.15, -0.1) is 0 Å². The third kappa shape index (κ3) is 3.15. The van der Waals surface area contributed by atoms with Crippen molar-refractivity contribution >= 4 is 0 Å². The molecule has 0 saturated heterocycles. The highest BCUT2D eigenvalue weighted by Gasteiger charge is 2.35. The van der Waals surface area contributed by atoms with E-state index in [1.807, 2.05) is 0 Å². The van der Waals surface area contributed by atoms with Gasteiger partial charge in [0.05, 0.1) is 7.11 Å². The Morgan fingerprint density at radius 3 is 2.45 bits per heavy atom. The summed E-state index contributed by atoms with van der Waals surface area (Å²) in [6, 6.07) is 6.59. The first-order chi connectivity index (χ1) is 9.61. The van der Waals surface area contributed by atoms with Crippen molar-refractivity contribution in [2.24, 2.45) is 5.73 Å². The molecule has 1 saturated carbocycles. The lowest BCUT2D eigenvalue weighted by molar-refractivity contribution is 0.287. The average molecular weight is 276 g/mol. The van der Waals surface area contributed by atoms with E-state index in [4.69, 9.17) is 10.5 Å². The molecule has 20 heavy (non-hydrogen) atoms. The number of nitrogens with zero attached hydrogens (tertiary/aromatic N) is 1. The molecule has 2 rings (SSSR count). The average Bonchev–Trinajstić information content (AvgIpc) is 2.47. The Hall–Kier alpha value is -1.06. The van der Waals surface area contributed by atoms with Crippen molar-refractivity contribution in [3.05, 3.63) is 29.3 Å². The third-order valence-electron chi connectivity index (χ3n) is 4.54. The van der Waals surface area contributed by atoms with Crippen molar-refractivity contribution in [2.75, 3.05) is 27.7 Å². The number of nitrogens with two attached hydrogens (primary N) is 1. The molecule has 0 aliphatic heterocycles. The van der Waals surface area contributed by atoms with Gasteiger partial charge in [0.25, 0.3) is 0 Å². The molecule has 1 fully saturated rings. The summed E-state index contributed by atoms with van der Waals surface area (Å²) in [6.45, 7) is 1.67. The minimum Gasteiger partial charge on any atom is -0.496 e. The van der Waals surface area contributed by atoms with E-state index < -0.39 is 0 Å². The first-order valence-corrected chi connectivity index (χ1v) is 7.63. The molecule has 0 radical (unpaired) electrons. The summed E-state index contributed by atoms with van der Waals surface area (Å²) in [5.41, 5.74) is 8.95. The van der Waals surface area contributed by atoms with E-state index >= 15 is 0 Å². The Morgan fingerprint density at radius 1 is 1.20 bits per heavy atom. The zero-order chi connectivity index (χ0) is 14.6. The third-order valence-corrected chi connectivity index (χ3v) is 4.54. The van der Waals surface area contributed by atoms with Crippen molar-refractivity contribution in [1.29, 1.82) is 0 Å². The minimum atomic E-state index is 0.117. The van der Waals surface area contributed by atoms with Crippen LogP contribution >= 0.6 is 0 Å². The van der Waals surface area contributed by atoms with Crippen LogP contribution in [-0.4, -0.2) is 32.6 Å². The van der Waals surface area contributed by atoms with Gasteiger partial charge in [-0.25, -0.2) is 0 Å². The number of methoxy groups -OCH3 is 1. The normalized spacial score (nSPS) is 18.2. The van der Waals surface area contributed by atoms with E-state index in [0.29, 0.717) is 0 Å². The monoisotopic (exact) mass is 276 g/mol. The fraction of sp³-hybridized carbons (Fsp3) is 0.647. The summed E-state index contributed by atoms with van der Waals surface area (Å²) < 4.78 is 5.62. The molecule has 1 aromatic carbocycles. The molecule has 3 heteroatoms. The van der Waals surface area contributed by atoms with Crippen LogP contribution in [0, 0.1) is 0 Å². The summed E-state index contributed by atoms with van der Waals surface area (Å²) in [7, 11) is 5.96. The van der Waals surface area contributed by atoms with Crippen LogP contribution < -0.4 is 10.5 Å². The standard InChI is InChI=1S/C17H28N2O/c1-19(2)12-14-7-8-16(20-3)15(11-14)17(13-18)9-5-4-6-10-17/h7-8,11H,4-6,9-10,12-13,18H2,1-3H3. The second kappa shape index (κ2) is 6.59. The summed E-state index contributed by atoms with van der Waals surface area (Å²) >= 11 is 0. The van der Waals surface area contributed by atoms with Gasteiger partial charge in [-0.2, -0.15) is 0 Å². The molecule has 1 aliphatic carbocycles. The predicted octanol–water partition coefficient (Wildman–Crippen LogP) is 2.92. The van der Waals surface area contributed by atoms with Crippen LogP contribution in [-0.2, 0) is 12.0 Å². The van der Waals surface area contributed by atoms with Gasteiger partial charge in [-0.3, -0.25) is 0 Å². The van der Waals surface area contributed by atoms with Crippen molar-refractivity contribution in [1.82, 2.24) is 4.90 Å². The molecule has 112 valence electrons. The smallest absolute Gasteiger partial charge is 0.122 e. The Balaban J connectivity index is 2.40. The second-order valence-corrected chi connectivity index (χ2v) is 6.32. The molecule has 0 spiro atoms. The highest BCUT2D eigenvalue weighted by molar-refractivity contribution is 5.43. The van der Waals surface area contributed by atoms with E-state index in [-0.39, 0.29) is 5.41 Å². The SMILES string of the molecule is COc1ccc(CN(C)C)cc1C1(CN)CCCCC1. The molecule has 1 aromatic rings. The minimum absolute atomic E-state index is 0.117. The number of hydrogen-bond acceptors (Lipinski definition) is 3. The van der Waals surface area contributed by atoms with Gasteiger partial charge in [0.15, 0.2) is 0 Å². The Kier molecular flexibility index (Phi) is 5.06. The molecular weight excluding hydrogens is 248 g/mol. The zero-order valence-corrected chi connectivity index (χ0v) is 13.1. The first-order valence-electron chi connectivity index (χ1n) is 7.63. The van der Waals surface area contributed by atoms with Gasteiger partial charge < -0.3 is 15.4 Å². The highest BCUT2D eigenvalue weighted by atomic mass is 16.5. The molecule has 0 amide bonds. The maximum atomic E-state index is 6.18. The van der Waals surface area contributed by atoms with Crippen molar-refractivity contribution in [3.63, 3.8) is 0 Å². The van der Waals surface area contributed by atoms with Gasteiger partial charge >= 0.3 is 0 Å². The second-order valence-electron chi connectivity index (χ2n) is 6.32. The largest absolute Gasteiger partial charge is 0.496 e. The quantitative estimate of drug-likeness (QED) is 0.898. The lowest BCUT2D eigenvalue weighted by atomic mass is 9.69. The Labute approximate surface area is 123 Å². The fourth-order valence-corrected chi connectivity index (χ4v) is 3.45. The zero-order valence-electron chi connectivity index (χ0n) is 13.1. The molecule has 0 bridgehead atoms. The lowest BCUT2D eigenvalue weighted by Crippen LogP contribution is -2.37. The van der Waals surface area contributed by atoms with Crippen LogP contribution in [0.4, 0.5) is 0 Å². The highest BCUT2D eigenvalue weighted by Crippen LogP contribution is 2.43. The van der Waals surface area contributed by atoms with E-state index in [9.17, 15) is 0 Å². The van der Waals surface area contributed by atoms with Crippen LogP contribution in [0.5, 0.6) is 5.75 Å². The Morgan fingerprint density at radius 2 is 1.90 bits per heavy atom. The fourth-order valence-electron chi connectivity index (χ4n) is 3.45. The van der Waals surface area contributed by atoms with Crippen LogP contribution in [0.3, 0.4) is 0 Å². The number of rotatable bonds is 5. The van der Waals surface area contributed by atoms with Crippen LogP contribution in [0.25, 0.3) is 0 Å².